The highest BCUT2D eigenvalue weighted by atomic mass is 32.1. The number of nitrogens with zero attached hydrogens (tertiary/aromatic N) is 4. The van der Waals surface area contributed by atoms with Gasteiger partial charge in [-0.25, -0.2) is 0 Å². The van der Waals surface area contributed by atoms with E-state index >= 15 is 0 Å². The molecule has 0 amide bonds. The van der Waals surface area contributed by atoms with E-state index in [4.69, 9.17) is 4.74 Å². The summed E-state index contributed by atoms with van der Waals surface area (Å²) in [5.74, 6) is 0. The molecule has 2 aliphatic heterocycles. The monoisotopic (exact) mass is 350 g/mol. The topological polar surface area (TPSA) is 41.5 Å². The van der Waals surface area contributed by atoms with Gasteiger partial charge in [-0.2, -0.15) is 11.3 Å². The lowest BCUT2D eigenvalue weighted by Crippen LogP contribution is -2.50. The van der Waals surface area contributed by atoms with Crippen molar-refractivity contribution >= 4 is 27.8 Å². The first kappa shape index (κ1) is 15.5. The molecule has 4 rings (SSSR count). The van der Waals surface area contributed by atoms with Gasteiger partial charge in [0.05, 0.1) is 13.2 Å². The maximum Gasteiger partial charge on any atom is 0.208 e. The van der Waals surface area contributed by atoms with Gasteiger partial charge in [-0.1, -0.05) is 11.3 Å². The molecule has 0 N–H and O–H groups in total. The fraction of sp³-hybridized carbons (Fsp3) is 0.625. The Kier molecular flexibility index (Phi) is 4.61. The Labute approximate surface area is 144 Å². The number of hydrogen-bond donors (Lipinski definition) is 0. The molecular weight excluding hydrogens is 328 g/mol. The minimum atomic E-state index is 0.219. The van der Waals surface area contributed by atoms with Gasteiger partial charge in [0, 0.05) is 31.6 Å². The zero-order chi connectivity index (χ0) is 15.5. The summed E-state index contributed by atoms with van der Waals surface area (Å²) < 4.78 is 5.99. The van der Waals surface area contributed by atoms with Crippen molar-refractivity contribution in [3.8, 4) is 0 Å². The predicted molar refractivity (Wildman–Crippen MR) is 94.2 cm³/mol. The molecule has 0 saturated carbocycles. The number of thiophene rings is 1. The van der Waals surface area contributed by atoms with Crippen LogP contribution in [0.25, 0.3) is 0 Å². The van der Waals surface area contributed by atoms with Crippen molar-refractivity contribution < 1.29 is 4.74 Å². The third kappa shape index (κ3) is 3.57. The van der Waals surface area contributed by atoms with Crippen LogP contribution < -0.4 is 4.90 Å². The van der Waals surface area contributed by atoms with Gasteiger partial charge in [-0.3, -0.25) is 4.90 Å². The second-order valence-electron chi connectivity index (χ2n) is 6.64. The van der Waals surface area contributed by atoms with Crippen LogP contribution in [0, 0.1) is 5.41 Å². The van der Waals surface area contributed by atoms with Crippen LogP contribution in [0.1, 0.15) is 18.4 Å². The third-order valence-corrected chi connectivity index (χ3v) is 6.27. The Morgan fingerprint density at radius 1 is 1.30 bits per heavy atom. The van der Waals surface area contributed by atoms with Crippen LogP contribution in [0.4, 0.5) is 5.13 Å². The SMILES string of the molecule is c1cc(CN2CCCC3(COCCN(c4nncs4)C3)C2)cs1. The lowest BCUT2D eigenvalue weighted by Gasteiger charge is -2.43. The average Bonchev–Trinajstić information content (AvgIpc) is 3.22. The molecule has 2 aliphatic rings. The van der Waals surface area contributed by atoms with Crippen molar-refractivity contribution in [3.05, 3.63) is 27.9 Å². The van der Waals surface area contributed by atoms with Crippen LogP contribution in [0.3, 0.4) is 0 Å². The Hall–Kier alpha value is -1.02. The third-order valence-electron chi connectivity index (χ3n) is 4.79. The van der Waals surface area contributed by atoms with E-state index in [9.17, 15) is 0 Å². The Morgan fingerprint density at radius 2 is 2.30 bits per heavy atom. The molecule has 2 fully saturated rings. The standard InChI is InChI=1S/C16H22N4OS2/c1-3-16(10-19(4-1)8-14-2-7-22-9-14)11-20(5-6-21-12-16)15-18-17-13-23-15/h2,7,9,13H,1,3-6,8,10-12H2. The molecule has 7 heteroatoms. The van der Waals surface area contributed by atoms with Gasteiger partial charge in [-0.05, 0) is 41.8 Å². The fourth-order valence-corrected chi connectivity index (χ4v) is 5.04. The zero-order valence-electron chi connectivity index (χ0n) is 13.2. The van der Waals surface area contributed by atoms with Gasteiger partial charge in [0.2, 0.25) is 5.13 Å². The van der Waals surface area contributed by atoms with Crippen molar-refractivity contribution in [2.75, 3.05) is 44.3 Å². The number of piperidine rings is 1. The summed E-state index contributed by atoms with van der Waals surface area (Å²) in [7, 11) is 0. The van der Waals surface area contributed by atoms with Crippen molar-refractivity contribution in [2.45, 2.75) is 19.4 Å². The van der Waals surface area contributed by atoms with Crippen LogP contribution in [-0.2, 0) is 11.3 Å². The van der Waals surface area contributed by atoms with Gasteiger partial charge < -0.3 is 9.64 Å². The highest BCUT2D eigenvalue weighted by Gasteiger charge is 2.39. The summed E-state index contributed by atoms with van der Waals surface area (Å²) in [4.78, 5) is 4.97. The number of aromatic nitrogens is 2. The van der Waals surface area contributed by atoms with E-state index in [1.165, 1.54) is 24.9 Å². The summed E-state index contributed by atoms with van der Waals surface area (Å²) in [6.45, 7) is 6.96. The lowest BCUT2D eigenvalue weighted by atomic mass is 9.80. The van der Waals surface area contributed by atoms with Gasteiger partial charge in [0.15, 0.2) is 0 Å². The summed E-state index contributed by atoms with van der Waals surface area (Å²) in [6, 6.07) is 2.24. The smallest absolute Gasteiger partial charge is 0.208 e. The number of hydrogen-bond acceptors (Lipinski definition) is 7. The van der Waals surface area contributed by atoms with E-state index in [0.717, 1.165) is 44.5 Å². The number of rotatable bonds is 3. The van der Waals surface area contributed by atoms with Crippen molar-refractivity contribution in [2.24, 2.45) is 5.41 Å². The molecule has 0 aliphatic carbocycles. The zero-order valence-corrected chi connectivity index (χ0v) is 14.8. The van der Waals surface area contributed by atoms with Crippen molar-refractivity contribution in [3.63, 3.8) is 0 Å². The van der Waals surface area contributed by atoms with Gasteiger partial charge in [0.25, 0.3) is 0 Å². The highest BCUT2D eigenvalue weighted by molar-refractivity contribution is 7.13. The largest absolute Gasteiger partial charge is 0.379 e. The molecule has 23 heavy (non-hydrogen) atoms. The summed E-state index contributed by atoms with van der Waals surface area (Å²) in [5, 5.41) is 13.7. The molecule has 1 spiro atoms. The van der Waals surface area contributed by atoms with Gasteiger partial charge >= 0.3 is 0 Å². The van der Waals surface area contributed by atoms with Gasteiger partial charge in [-0.15, -0.1) is 10.2 Å². The molecule has 0 aromatic carbocycles. The van der Waals surface area contributed by atoms with Crippen LogP contribution >= 0.6 is 22.7 Å². The Bertz CT molecular complexity index is 604. The molecule has 124 valence electrons. The second-order valence-corrected chi connectivity index (χ2v) is 8.23. The predicted octanol–water partition coefficient (Wildman–Crippen LogP) is 2.72. The van der Waals surface area contributed by atoms with Crippen LogP contribution in [0.15, 0.2) is 22.3 Å². The Morgan fingerprint density at radius 3 is 3.13 bits per heavy atom. The molecule has 2 saturated heterocycles. The highest BCUT2D eigenvalue weighted by Crippen LogP contribution is 2.35. The van der Waals surface area contributed by atoms with Crippen LogP contribution in [0.2, 0.25) is 0 Å². The quantitative estimate of drug-likeness (QED) is 0.851. The van der Waals surface area contributed by atoms with Crippen LogP contribution in [0.5, 0.6) is 0 Å². The first-order chi connectivity index (χ1) is 11.3. The van der Waals surface area contributed by atoms with E-state index in [1.807, 2.05) is 5.51 Å². The minimum absolute atomic E-state index is 0.219. The first-order valence-electron chi connectivity index (χ1n) is 8.15. The minimum Gasteiger partial charge on any atom is -0.379 e. The number of ether oxygens (including phenoxy) is 1. The van der Waals surface area contributed by atoms with E-state index in [0.29, 0.717) is 0 Å². The van der Waals surface area contributed by atoms with Crippen molar-refractivity contribution in [1.29, 1.82) is 0 Å². The summed E-state index contributed by atoms with van der Waals surface area (Å²) in [5.41, 5.74) is 3.47. The van der Waals surface area contributed by atoms with Crippen molar-refractivity contribution in [1.82, 2.24) is 15.1 Å². The number of anilines is 1. The fourth-order valence-electron chi connectivity index (χ4n) is 3.79. The van der Waals surface area contributed by atoms with E-state index in [2.05, 4.69) is 36.8 Å². The maximum atomic E-state index is 5.99. The molecule has 2 aromatic heterocycles. The summed E-state index contributed by atoms with van der Waals surface area (Å²) >= 11 is 3.41. The summed E-state index contributed by atoms with van der Waals surface area (Å²) in [6.07, 6.45) is 2.49. The molecule has 1 atom stereocenters. The average molecular weight is 351 g/mol. The first-order valence-corrected chi connectivity index (χ1v) is 9.98. The second kappa shape index (κ2) is 6.84. The molecule has 0 bridgehead atoms. The number of likely N-dealkylation sites (tertiary alicyclic amines) is 1. The normalized spacial score (nSPS) is 26.5. The molecule has 1 unspecified atom stereocenters. The molecule has 5 nitrogen and oxygen atoms in total. The molecule has 2 aromatic rings. The van der Waals surface area contributed by atoms with E-state index in [-0.39, 0.29) is 5.41 Å². The van der Waals surface area contributed by atoms with Crippen LogP contribution in [-0.4, -0.2) is 54.5 Å². The molecular formula is C16H22N4OS2. The molecule has 0 radical (unpaired) electrons. The van der Waals surface area contributed by atoms with Gasteiger partial charge in [0.1, 0.15) is 5.51 Å². The Balaban J connectivity index is 1.48. The van der Waals surface area contributed by atoms with E-state index in [1.54, 1.807) is 22.7 Å². The lowest BCUT2D eigenvalue weighted by molar-refractivity contribution is 0.0107. The maximum absolute atomic E-state index is 5.99. The van der Waals surface area contributed by atoms with E-state index < -0.39 is 0 Å². The molecule has 4 heterocycles.